The van der Waals surface area contributed by atoms with Crippen molar-refractivity contribution in [2.45, 2.75) is 61.1 Å². The van der Waals surface area contributed by atoms with Crippen molar-refractivity contribution in [1.82, 2.24) is 3.80 Å². The molecule has 0 heterocycles. The summed E-state index contributed by atoms with van der Waals surface area (Å²) in [6.45, 7) is 3.59. The number of hydrogen-bond donors (Lipinski definition) is 1. The molecule has 40 heavy (non-hydrogen) atoms. The van der Waals surface area contributed by atoms with Crippen molar-refractivity contribution in [2.75, 3.05) is 0 Å². The van der Waals surface area contributed by atoms with Gasteiger partial charge < -0.3 is 0 Å². The molecule has 1 fully saturated rings. The Balaban J connectivity index is 1.63. The molecule has 4 heteroatoms. The zero-order chi connectivity index (χ0) is 27.6. The topological polar surface area (TPSA) is 29.1 Å². The summed E-state index contributed by atoms with van der Waals surface area (Å²) >= 11 is -4.14. The molecule has 4 aromatic rings. The van der Waals surface area contributed by atoms with Gasteiger partial charge in [0.25, 0.3) is 0 Å². The van der Waals surface area contributed by atoms with Crippen LogP contribution in [0.2, 0.25) is 13.1 Å². The number of rotatable bonds is 8. The first-order valence-electron chi connectivity index (χ1n) is 15.3. The third-order valence-corrected chi connectivity index (χ3v) is 37.6. The van der Waals surface area contributed by atoms with E-state index in [1.54, 1.807) is 0 Å². The number of nitrogens with one attached hydrogen (secondary N) is 1. The summed E-state index contributed by atoms with van der Waals surface area (Å²) in [5.74, 6) is 0.489. The summed E-state index contributed by atoms with van der Waals surface area (Å²) < 4.78 is 7.71. The van der Waals surface area contributed by atoms with Crippen LogP contribution in [0.4, 0.5) is 0 Å². The minimum absolute atomic E-state index is 0.144. The first-order chi connectivity index (χ1) is 19.5. The van der Waals surface area contributed by atoms with Crippen LogP contribution in [0.15, 0.2) is 103 Å². The molecule has 0 aromatic heterocycles. The van der Waals surface area contributed by atoms with Gasteiger partial charge in [0.05, 0.1) is 0 Å². The molecule has 1 saturated carbocycles. The Kier molecular flexibility index (Phi) is 7.74. The molecule has 2 aliphatic rings. The summed E-state index contributed by atoms with van der Waals surface area (Å²) in [7, 11) is 0. The summed E-state index contributed by atoms with van der Waals surface area (Å²) in [4.78, 5) is 14.6. The SMILES string of the molecule is C[SiH](C)[Ti]([CH2]c1ccccc1)([CH2]c1ccccc1)([NH]C(=O)C1CCCCC1)[c]1cccc2c1Cc1ccccc1-2. The maximum atomic E-state index is 14.6. The van der Waals surface area contributed by atoms with Crippen LogP contribution in [-0.2, 0) is 35.5 Å². The normalized spacial score (nSPS) is 16.1. The van der Waals surface area contributed by atoms with E-state index in [1.165, 1.54) is 56.5 Å². The Morgan fingerprint density at radius 3 is 1.93 bits per heavy atom. The van der Waals surface area contributed by atoms with E-state index in [9.17, 15) is 4.79 Å². The summed E-state index contributed by atoms with van der Waals surface area (Å²) in [5, 5.41) is 0. The van der Waals surface area contributed by atoms with E-state index >= 15 is 0 Å². The predicted molar refractivity (Wildman–Crippen MR) is 168 cm³/mol. The average molecular weight is 581 g/mol. The number of fused-ring (bicyclic) bond motifs is 3. The van der Waals surface area contributed by atoms with Crippen LogP contribution in [0.1, 0.15) is 54.4 Å². The Labute approximate surface area is 242 Å². The molecule has 2 aliphatic carbocycles. The standard InChI is InChI=1S/C13H9.C7H13NO.2C7H7.C2H7Si.Ti/c1-3-7-12-10(5-1)9-11-6-2-4-8-13(11)12;8-7(9)6-4-2-1-3-5-6;2*1-7-5-3-2-4-6-7;1-3-2;/h1-5,7-8H,9H2;6H,1-5H2,(H2,8,9);2*2-6H,1H2;3H,1-2H3;/q;;;;;+1/p-1. The van der Waals surface area contributed by atoms with Gasteiger partial charge in [-0.05, 0) is 0 Å². The van der Waals surface area contributed by atoms with Crippen LogP contribution in [0.3, 0.4) is 0 Å². The second-order valence-corrected chi connectivity index (χ2v) is 34.1. The van der Waals surface area contributed by atoms with Gasteiger partial charge in [-0.15, -0.1) is 0 Å². The van der Waals surface area contributed by atoms with Gasteiger partial charge in [0, 0.05) is 0 Å². The van der Waals surface area contributed by atoms with Gasteiger partial charge in [0.15, 0.2) is 0 Å². The quantitative estimate of drug-likeness (QED) is 0.189. The van der Waals surface area contributed by atoms with Crippen molar-refractivity contribution in [1.29, 1.82) is 0 Å². The van der Waals surface area contributed by atoms with Crippen LogP contribution >= 0.6 is 0 Å². The molecule has 0 spiro atoms. The predicted octanol–water partition coefficient (Wildman–Crippen LogP) is 7.57. The van der Waals surface area contributed by atoms with Crippen molar-refractivity contribution >= 4 is 16.4 Å². The molecule has 0 bridgehead atoms. The van der Waals surface area contributed by atoms with Gasteiger partial charge in [-0.2, -0.15) is 0 Å². The monoisotopic (exact) mass is 580 g/mol. The van der Waals surface area contributed by atoms with Gasteiger partial charge in [-0.25, -0.2) is 0 Å². The van der Waals surface area contributed by atoms with Gasteiger partial charge in [-0.1, -0.05) is 0 Å². The average Bonchev–Trinajstić information content (AvgIpc) is 3.37. The Hall–Kier alpha value is -2.72. The molecule has 2 nitrogen and oxygen atoms in total. The van der Waals surface area contributed by atoms with Crippen LogP contribution in [-0.4, -0.2) is 12.6 Å². The molecule has 0 radical (unpaired) electrons. The zero-order valence-electron chi connectivity index (χ0n) is 24.0. The Bertz CT molecular complexity index is 1450. The van der Waals surface area contributed by atoms with E-state index in [2.05, 4.69) is 120 Å². The summed E-state index contributed by atoms with van der Waals surface area (Å²) in [5.41, 5.74) is 8.39. The van der Waals surface area contributed by atoms with Crippen LogP contribution in [0.25, 0.3) is 11.1 Å². The molecule has 0 aliphatic heterocycles. The molecule has 0 saturated heterocycles. The number of carbonyl (C=O) groups excluding carboxylic acids is 1. The zero-order valence-corrected chi connectivity index (χ0v) is 26.8. The molecule has 1 N–H and O–H groups in total. The van der Waals surface area contributed by atoms with Gasteiger partial charge in [0.2, 0.25) is 0 Å². The van der Waals surface area contributed by atoms with E-state index in [-0.39, 0.29) is 5.92 Å². The molecule has 6 rings (SSSR count). The van der Waals surface area contributed by atoms with Crippen LogP contribution in [0.5, 0.6) is 0 Å². The third kappa shape index (κ3) is 4.87. The number of benzene rings is 4. The first-order valence-corrected chi connectivity index (χ1v) is 24.6. The third-order valence-electron chi connectivity index (χ3n) is 10.2. The van der Waals surface area contributed by atoms with E-state index in [0.29, 0.717) is 5.91 Å². The fourth-order valence-corrected chi connectivity index (χ4v) is 29.9. The second kappa shape index (κ2) is 11.3. The van der Waals surface area contributed by atoms with Crippen molar-refractivity contribution in [2.24, 2.45) is 5.92 Å². The molecular weight excluding hydrogens is 538 g/mol. The van der Waals surface area contributed by atoms with E-state index in [1.807, 2.05) is 0 Å². The van der Waals surface area contributed by atoms with Gasteiger partial charge in [-0.3, -0.25) is 0 Å². The number of amides is 1. The van der Waals surface area contributed by atoms with Gasteiger partial charge in [0.1, 0.15) is 0 Å². The molecule has 4 aromatic carbocycles. The molecule has 0 atom stereocenters. The Morgan fingerprint density at radius 2 is 1.30 bits per heavy atom. The second-order valence-electron chi connectivity index (χ2n) is 12.7. The first kappa shape index (κ1) is 27.5. The van der Waals surface area contributed by atoms with E-state index < -0.39 is 21.5 Å². The summed E-state index contributed by atoms with van der Waals surface area (Å²) in [6, 6.07) is 38.1. The van der Waals surface area contributed by atoms with Gasteiger partial charge >= 0.3 is 243 Å². The fraction of sp³-hybridized carbons (Fsp3) is 0.306. The molecule has 205 valence electrons. The maximum absolute atomic E-state index is 14.6. The molecule has 1 amide bonds. The van der Waals surface area contributed by atoms with Crippen LogP contribution < -0.4 is 7.67 Å². The Morgan fingerprint density at radius 1 is 0.725 bits per heavy atom. The summed E-state index contributed by atoms with van der Waals surface area (Å²) in [6.07, 6.45) is 6.63. The molecule has 0 unspecified atom stereocenters. The minimum atomic E-state index is -4.14. The molecular formula is C36H42NOSiTi. The number of carbonyl (C=O) groups is 1. The van der Waals surface area contributed by atoms with Crippen molar-refractivity contribution < 1.29 is 19.6 Å². The number of hydrogen-bond acceptors (Lipinski definition) is 1. The van der Waals surface area contributed by atoms with Crippen molar-refractivity contribution in [3.05, 3.63) is 125 Å². The van der Waals surface area contributed by atoms with E-state index in [4.69, 9.17) is 0 Å². The van der Waals surface area contributed by atoms with E-state index in [0.717, 1.165) is 28.7 Å². The van der Waals surface area contributed by atoms with Crippen molar-refractivity contribution in [3.8, 4) is 11.1 Å². The fourth-order valence-electron chi connectivity index (χ4n) is 7.91. The van der Waals surface area contributed by atoms with Crippen LogP contribution in [0, 0.1) is 5.92 Å². The van der Waals surface area contributed by atoms with Crippen molar-refractivity contribution in [3.63, 3.8) is 0 Å².